The van der Waals surface area contributed by atoms with Crippen molar-refractivity contribution in [3.8, 4) is 0 Å². The van der Waals surface area contributed by atoms with Crippen LogP contribution in [-0.4, -0.2) is 14.8 Å². The molecule has 2 N–H and O–H groups in total. The normalized spacial score (nSPS) is 10.8. The molecule has 2 rings (SSSR count). The fraction of sp³-hybridized carbons (Fsp3) is 0.273. The molecule has 0 amide bonds. The van der Waals surface area contributed by atoms with E-state index in [0.29, 0.717) is 30.2 Å². The van der Waals surface area contributed by atoms with Crippen LogP contribution in [0.25, 0.3) is 0 Å². The van der Waals surface area contributed by atoms with E-state index in [-0.39, 0.29) is 0 Å². The van der Waals surface area contributed by atoms with E-state index >= 15 is 0 Å². The zero-order valence-electron chi connectivity index (χ0n) is 9.32. The van der Waals surface area contributed by atoms with Crippen LogP contribution in [0.2, 0.25) is 0 Å². The highest BCUT2D eigenvalue weighted by molar-refractivity contribution is 5.21. The SMILES string of the molecule is Cn1c(CN)nnc1Cc1ccc(F)c(F)c1. The standard InChI is InChI=1S/C11H12F2N4/c1-17-10(15-16-11(17)6-14)5-7-2-3-8(12)9(13)4-7/h2-4H,5-6,14H2,1H3. The van der Waals surface area contributed by atoms with Crippen molar-refractivity contribution in [1.82, 2.24) is 14.8 Å². The Hall–Kier alpha value is -1.82. The second-order valence-corrected chi connectivity index (χ2v) is 3.72. The molecule has 4 nitrogen and oxygen atoms in total. The number of rotatable bonds is 3. The number of nitrogens with two attached hydrogens (primary N) is 1. The molecular formula is C11H12F2N4. The molecule has 0 spiro atoms. The summed E-state index contributed by atoms with van der Waals surface area (Å²) in [6, 6.07) is 3.78. The third-order valence-corrected chi connectivity index (χ3v) is 2.58. The predicted molar refractivity (Wildman–Crippen MR) is 58.1 cm³/mol. The minimum Gasteiger partial charge on any atom is -0.324 e. The van der Waals surface area contributed by atoms with Gasteiger partial charge in [-0.1, -0.05) is 6.07 Å². The van der Waals surface area contributed by atoms with Crippen molar-refractivity contribution in [2.75, 3.05) is 0 Å². The molecule has 0 saturated heterocycles. The summed E-state index contributed by atoms with van der Waals surface area (Å²) in [6.45, 7) is 0.293. The van der Waals surface area contributed by atoms with Gasteiger partial charge < -0.3 is 10.3 Å². The molecule has 1 heterocycles. The molecule has 1 aromatic heterocycles. The summed E-state index contributed by atoms with van der Waals surface area (Å²) >= 11 is 0. The van der Waals surface area contributed by atoms with E-state index in [9.17, 15) is 8.78 Å². The molecule has 1 aromatic carbocycles. The quantitative estimate of drug-likeness (QED) is 0.872. The highest BCUT2D eigenvalue weighted by Crippen LogP contribution is 2.12. The van der Waals surface area contributed by atoms with Gasteiger partial charge in [-0.2, -0.15) is 0 Å². The summed E-state index contributed by atoms with van der Waals surface area (Å²) in [4.78, 5) is 0. The predicted octanol–water partition coefficient (Wildman–Crippen LogP) is 1.14. The largest absolute Gasteiger partial charge is 0.324 e. The van der Waals surface area contributed by atoms with Crippen molar-refractivity contribution in [3.63, 3.8) is 0 Å². The van der Waals surface area contributed by atoms with Crippen LogP contribution in [0.4, 0.5) is 8.78 Å². The molecule has 0 saturated carbocycles. The van der Waals surface area contributed by atoms with Gasteiger partial charge in [0.2, 0.25) is 0 Å². The maximum atomic E-state index is 13.0. The van der Waals surface area contributed by atoms with Crippen molar-refractivity contribution in [2.45, 2.75) is 13.0 Å². The monoisotopic (exact) mass is 238 g/mol. The molecule has 0 radical (unpaired) electrons. The van der Waals surface area contributed by atoms with E-state index in [1.165, 1.54) is 6.07 Å². The van der Waals surface area contributed by atoms with Crippen LogP contribution in [0.15, 0.2) is 18.2 Å². The fourth-order valence-corrected chi connectivity index (χ4v) is 1.56. The van der Waals surface area contributed by atoms with Crippen LogP contribution in [-0.2, 0) is 20.0 Å². The van der Waals surface area contributed by atoms with Gasteiger partial charge in [-0.05, 0) is 17.7 Å². The molecule has 0 atom stereocenters. The first kappa shape index (κ1) is 11.7. The Labute approximate surface area is 97.1 Å². The van der Waals surface area contributed by atoms with Gasteiger partial charge in [-0.25, -0.2) is 8.78 Å². The first-order valence-electron chi connectivity index (χ1n) is 5.13. The average Bonchev–Trinajstić information content (AvgIpc) is 2.65. The number of hydrogen-bond donors (Lipinski definition) is 1. The van der Waals surface area contributed by atoms with Gasteiger partial charge in [-0.15, -0.1) is 10.2 Å². The van der Waals surface area contributed by atoms with Crippen LogP contribution in [0.5, 0.6) is 0 Å². The number of aromatic nitrogens is 3. The van der Waals surface area contributed by atoms with Crippen molar-refractivity contribution >= 4 is 0 Å². The molecular weight excluding hydrogens is 226 g/mol. The molecule has 0 unspecified atom stereocenters. The zero-order valence-corrected chi connectivity index (χ0v) is 9.32. The Morgan fingerprint density at radius 3 is 2.47 bits per heavy atom. The van der Waals surface area contributed by atoms with Crippen molar-refractivity contribution in [1.29, 1.82) is 0 Å². The Kier molecular flexibility index (Phi) is 3.14. The smallest absolute Gasteiger partial charge is 0.159 e. The van der Waals surface area contributed by atoms with Crippen LogP contribution in [0.1, 0.15) is 17.2 Å². The second kappa shape index (κ2) is 4.58. The Morgan fingerprint density at radius 2 is 1.88 bits per heavy atom. The molecule has 17 heavy (non-hydrogen) atoms. The number of nitrogens with zero attached hydrogens (tertiary/aromatic N) is 3. The van der Waals surface area contributed by atoms with Gasteiger partial charge >= 0.3 is 0 Å². The lowest BCUT2D eigenvalue weighted by molar-refractivity contribution is 0.507. The summed E-state index contributed by atoms with van der Waals surface area (Å²) in [5, 5.41) is 7.84. The number of halogens is 2. The molecule has 0 aliphatic carbocycles. The van der Waals surface area contributed by atoms with Gasteiger partial charge in [-0.3, -0.25) is 0 Å². The van der Waals surface area contributed by atoms with Crippen LogP contribution < -0.4 is 5.73 Å². The summed E-state index contributed by atoms with van der Waals surface area (Å²) in [7, 11) is 1.79. The van der Waals surface area contributed by atoms with E-state index in [1.807, 2.05) is 0 Å². The Morgan fingerprint density at radius 1 is 1.18 bits per heavy atom. The molecule has 6 heteroatoms. The first-order valence-corrected chi connectivity index (χ1v) is 5.13. The lowest BCUT2D eigenvalue weighted by Gasteiger charge is -2.03. The van der Waals surface area contributed by atoms with Crippen LogP contribution >= 0.6 is 0 Å². The molecule has 0 fully saturated rings. The maximum Gasteiger partial charge on any atom is 0.159 e. The summed E-state index contributed by atoms with van der Waals surface area (Å²) < 4.78 is 27.5. The highest BCUT2D eigenvalue weighted by atomic mass is 19.2. The second-order valence-electron chi connectivity index (χ2n) is 3.72. The van der Waals surface area contributed by atoms with Crippen molar-refractivity contribution in [3.05, 3.63) is 47.0 Å². The summed E-state index contributed by atoms with van der Waals surface area (Å²) in [5.74, 6) is -0.392. The van der Waals surface area contributed by atoms with E-state index in [1.54, 1.807) is 11.6 Å². The highest BCUT2D eigenvalue weighted by Gasteiger charge is 2.09. The average molecular weight is 238 g/mol. The molecule has 0 aliphatic rings. The van der Waals surface area contributed by atoms with Gasteiger partial charge in [0.25, 0.3) is 0 Å². The summed E-state index contributed by atoms with van der Waals surface area (Å²) in [6.07, 6.45) is 0.390. The topological polar surface area (TPSA) is 56.7 Å². The third-order valence-electron chi connectivity index (χ3n) is 2.58. The first-order chi connectivity index (χ1) is 8.11. The Balaban J connectivity index is 2.25. The molecule has 2 aromatic rings. The van der Waals surface area contributed by atoms with E-state index in [0.717, 1.165) is 12.1 Å². The van der Waals surface area contributed by atoms with Crippen molar-refractivity contribution < 1.29 is 8.78 Å². The third kappa shape index (κ3) is 2.31. The number of hydrogen-bond acceptors (Lipinski definition) is 3. The van der Waals surface area contributed by atoms with Gasteiger partial charge in [0.05, 0.1) is 6.54 Å². The van der Waals surface area contributed by atoms with Gasteiger partial charge in [0.15, 0.2) is 11.6 Å². The minimum atomic E-state index is -0.858. The Bertz CT molecular complexity index is 536. The molecule has 0 aliphatic heterocycles. The van der Waals surface area contributed by atoms with E-state index < -0.39 is 11.6 Å². The number of benzene rings is 1. The van der Waals surface area contributed by atoms with Crippen LogP contribution in [0, 0.1) is 11.6 Å². The lowest BCUT2D eigenvalue weighted by Crippen LogP contribution is -2.07. The fourth-order valence-electron chi connectivity index (χ4n) is 1.56. The summed E-state index contributed by atoms with van der Waals surface area (Å²) in [5.41, 5.74) is 6.11. The molecule has 90 valence electrons. The lowest BCUT2D eigenvalue weighted by atomic mass is 10.1. The van der Waals surface area contributed by atoms with E-state index in [2.05, 4.69) is 10.2 Å². The zero-order chi connectivity index (χ0) is 12.4. The van der Waals surface area contributed by atoms with E-state index in [4.69, 9.17) is 5.73 Å². The van der Waals surface area contributed by atoms with Gasteiger partial charge in [0, 0.05) is 13.5 Å². The van der Waals surface area contributed by atoms with Crippen molar-refractivity contribution in [2.24, 2.45) is 12.8 Å². The minimum absolute atomic E-state index is 0.293. The molecule has 0 bridgehead atoms. The van der Waals surface area contributed by atoms with Gasteiger partial charge in [0.1, 0.15) is 11.6 Å². The maximum absolute atomic E-state index is 13.0. The van der Waals surface area contributed by atoms with Crippen LogP contribution in [0.3, 0.4) is 0 Å².